The predicted molar refractivity (Wildman–Crippen MR) is 78.4 cm³/mol. The summed E-state index contributed by atoms with van der Waals surface area (Å²) >= 11 is 10.4. The van der Waals surface area contributed by atoms with Crippen molar-refractivity contribution in [1.29, 1.82) is 0 Å². The van der Waals surface area contributed by atoms with E-state index in [-0.39, 0.29) is 5.91 Å². The molecular formula is C12H8BrClN2O2S. The van der Waals surface area contributed by atoms with Crippen LogP contribution >= 0.6 is 38.9 Å². The number of rotatable bonds is 2. The largest absolute Gasteiger partial charge is 0.270 e. The van der Waals surface area contributed by atoms with Crippen LogP contribution in [0.1, 0.15) is 20.7 Å². The van der Waals surface area contributed by atoms with Crippen LogP contribution in [0.2, 0.25) is 5.02 Å². The smallest absolute Gasteiger partial charge is 0.267 e. The molecule has 0 unspecified atom stereocenters. The summed E-state index contributed by atoms with van der Waals surface area (Å²) in [7, 11) is 0. The van der Waals surface area contributed by atoms with Crippen LogP contribution in [0.25, 0.3) is 0 Å². The first kappa shape index (κ1) is 14.0. The van der Waals surface area contributed by atoms with E-state index >= 15 is 0 Å². The Morgan fingerprint density at radius 1 is 1.05 bits per heavy atom. The molecule has 0 aliphatic heterocycles. The van der Waals surface area contributed by atoms with Crippen LogP contribution in [0.3, 0.4) is 0 Å². The fraction of sp³-hybridized carbons (Fsp3) is 0. The van der Waals surface area contributed by atoms with Gasteiger partial charge in [-0.3, -0.25) is 20.4 Å². The van der Waals surface area contributed by atoms with Gasteiger partial charge in [-0.05, 0) is 46.3 Å². The van der Waals surface area contributed by atoms with Gasteiger partial charge in [0.1, 0.15) is 0 Å². The highest BCUT2D eigenvalue weighted by molar-refractivity contribution is 9.11. The van der Waals surface area contributed by atoms with Crippen LogP contribution in [-0.4, -0.2) is 11.8 Å². The number of thiophene rings is 1. The van der Waals surface area contributed by atoms with Crippen molar-refractivity contribution >= 4 is 50.7 Å². The van der Waals surface area contributed by atoms with E-state index in [1.54, 1.807) is 35.7 Å². The third-order valence-electron chi connectivity index (χ3n) is 2.23. The van der Waals surface area contributed by atoms with Crippen molar-refractivity contribution in [3.8, 4) is 0 Å². The Labute approximate surface area is 126 Å². The van der Waals surface area contributed by atoms with Gasteiger partial charge in [-0.1, -0.05) is 11.6 Å². The second-order valence-corrected chi connectivity index (χ2v) is 6.28. The summed E-state index contributed by atoms with van der Waals surface area (Å²) in [6.45, 7) is 0. The van der Waals surface area contributed by atoms with Gasteiger partial charge < -0.3 is 0 Å². The summed E-state index contributed by atoms with van der Waals surface area (Å²) in [5, 5.41) is 2.23. The molecule has 0 atom stereocenters. The Balaban J connectivity index is 1.93. The summed E-state index contributed by atoms with van der Waals surface area (Å²) in [5.74, 6) is -0.774. The number of hydrazine groups is 1. The summed E-state index contributed by atoms with van der Waals surface area (Å²) in [5.41, 5.74) is 5.57. The maximum atomic E-state index is 11.7. The highest BCUT2D eigenvalue weighted by atomic mass is 79.9. The van der Waals surface area contributed by atoms with Gasteiger partial charge in [0.2, 0.25) is 0 Å². The van der Waals surface area contributed by atoms with Gasteiger partial charge in [-0.25, -0.2) is 0 Å². The summed E-state index contributed by atoms with van der Waals surface area (Å²) in [6, 6.07) is 8.03. The number of amides is 2. The van der Waals surface area contributed by atoms with Gasteiger partial charge >= 0.3 is 0 Å². The van der Waals surface area contributed by atoms with Gasteiger partial charge in [0.25, 0.3) is 11.8 Å². The minimum Gasteiger partial charge on any atom is -0.267 e. The lowest BCUT2D eigenvalue weighted by atomic mass is 10.2. The molecule has 0 fully saturated rings. The van der Waals surface area contributed by atoms with Crippen LogP contribution in [0.5, 0.6) is 0 Å². The van der Waals surface area contributed by atoms with E-state index < -0.39 is 5.91 Å². The fourth-order valence-corrected chi connectivity index (χ4v) is 2.55. The molecule has 2 amide bonds. The molecule has 98 valence electrons. The molecule has 4 nitrogen and oxygen atoms in total. The summed E-state index contributed by atoms with van der Waals surface area (Å²) in [6.07, 6.45) is 0. The molecule has 0 saturated carbocycles. The topological polar surface area (TPSA) is 58.2 Å². The third-order valence-corrected chi connectivity index (χ3v) is 3.98. The van der Waals surface area contributed by atoms with Crippen LogP contribution in [0.4, 0.5) is 0 Å². The van der Waals surface area contributed by atoms with E-state index in [1.807, 2.05) is 0 Å². The normalized spacial score (nSPS) is 10.0. The van der Waals surface area contributed by atoms with Crippen molar-refractivity contribution in [2.75, 3.05) is 0 Å². The third kappa shape index (κ3) is 3.79. The number of hydrogen-bond donors (Lipinski definition) is 2. The van der Waals surface area contributed by atoms with Gasteiger partial charge in [-0.15, -0.1) is 11.3 Å². The molecule has 1 heterocycles. The highest BCUT2D eigenvalue weighted by Crippen LogP contribution is 2.20. The first-order valence-corrected chi connectivity index (χ1v) is 7.21. The van der Waals surface area contributed by atoms with E-state index in [9.17, 15) is 9.59 Å². The van der Waals surface area contributed by atoms with Crippen LogP contribution < -0.4 is 10.9 Å². The van der Waals surface area contributed by atoms with E-state index in [1.165, 1.54) is 11.3 Å². The van der Waals surface area contributed by atoms with Gasteiger partial charge in [-0.2, -0.15) is 0 Å². The Morgan fingerprint density at radius 2 is 1.63 bits per heavy atom. The Bertz CT molecular complexity index is 612. The molecule has 0 aliphatic carbocycles. The lowest BCUT2D eigenvalue weighted by Crippen LogP contribution is -2.41. The van der Waals surface area contributed by atoms with E-state index in [2.05, 4.69) is 26.8 Å². The minimum absolute atomic E-state index is 0.371. The number of benzene rings is 1. The minimum atomic E-state index is -0.403. The zero-order valence-corrected chi connectivity index (χ0v) is 12.6. The van der Waals surface area contributed by atoms with Crippen molar-refractivity contribution < 1.29 is 9.59 Å². The zero-order chi connectivity index (χ0) is 13.8. The molecule has 19 heavy (non-hydrogen) atoms. The first-order valence-electron chi connectivity index (χ1n) is 5.16. The lowest BCUT2D eigenvalue weighted by Gasteiger charge is -2.06. The number of hydrogen-bond acceptors (Lipinski definition) is 3. The van der Waals surface area contributed by atoms with Crippen LogP contribution in [-0.2, 0) is 0 Å². The van der Waals surface area contributed by atoms with Gasteiger partial charge in [0, 0.05) is 16.0 Å². The van der Waals surface area contributed by atoms with Crippen molar-refractivity contribution in [2.45, 2.75) is 0 Å². The highest BCUT2D eigenvalue weighted by Gasteiger charge is 2.10. The molecule has 1 aromatic carbocycles. The quantitative estimate of drug-likeness (QED) is 0.809. The standard InChI is InChI=1S/C12H8BrClN2O2S/c13-10-5-8(6-19-10)12(18)16-15-11(17)7-1-3-9(14)4-2-7/h1-6H,(H,15,17)(H,16,18). The summed E-state index contributed by atoms with van der Waals surface area (Å²) in [4.78, 5) is 23.4. The number of carbonyl (C=O) groups excluding carboxylic acids is 2. The number of halogens is 2. The Kier molecular flexibility index (Phi) is 4.57. The molecule has 2 aromatic rings. The second kappa shape index (κ2) is 6.18. The Morgan fingerprint density at radius 3 is 2.16 bits per heavy atom. The maximum Gasteiger partial charge on any atom is 0.270 e. The average molecular weight is 360 g/mol. The fourth-order valence-electron chi connectivity index (χ4n) is 1.29. The lowest BCUT2D eigenvalue weighted by molar-refractivity contribution is 0.0847. The van der Waals surface area contributed by atoms with Gasteiger partial charge in [0.05, 0.1) is 9.35 Å². The van der Waals surface area contributed by atoms with Crippen LogP contribution in [0.15, 0.2) is 39.5 Å². The molecule has 0 radical (unpaired) electrons. The number of carbonyl (C=O) groups is 2. The molecule has 1 aromatic heterocycles. The molecule has 2 N–H and O–H groups in total. The molecule has 7 heteroatoms. The monoisotopic (exact) mass is 358 g/mol. The Hall–Kier alpha value is -1.37. The molecule has 0 saturated heterocycles. The molecule has 0 aliphatic rings. The maximum absolute atomic E-state index is 11.7. The molecule has 0 bridgehead atoms. The van der Waals surface area contributed by atoms with E-state index in [4.69, 9.17) is 11.6 Å². The zero-order valence-electron chi connectivity index (χ0n) is 9.44. The molecule has 2 rings (SSSR count). The van der Waals surface area contributed by atoms with Crippen molar-refractivity contribution in [1.82, 2.24) is 10.9 Å². The van der Waals surface area contributed by atoms with Crippen molar-refractivity contribution in [3.05, 3.63) is 55.6 Å². The van der Waals surface area contributed by atoms with Gasteiger partial charge in [0.15, 0.2) is 0 Å². The SMILES string of the molecule is O=C(NNC(=O)c1csc(Br)c1)c1ccc(Cl)cc1. The second-order valence-electron chi connectivity index (χ2n) is 3.55. The van der Waals surface area contributed by atoms with E-state index in [0.717, 1.165) is 3.79 Å². The van der Waals surface area contributed by atoms with Crippen molar-refractivity contribution in [3.63, 3.8) is 0 Å². The van der Waals surface area contributed by atoms with Crippen molar-refractivity contribution in [2.24, 2.45) is 0 Å². The molecule has 0 spiro atoms. The number of nitrogens with one attached hydrogen (secondary N) is 2. The van der Waals surface area contributed by atoms with Crippen LogP contribution in [0, 0.1) is 0 Å². The predicted octanol–water partition coefficient (Wildman–Crippen LogP) is 3.24. The molecular weight excluding hydrogens is 352 g/mol. The van der Waals surface area contributed by atoms with E-state index in [0.29, 0.717) is 16.1 Å². The average Bonchev–Trinajstić information content (AvgIpc) is 2.83. The first-order chi connectivity index (χ1) is 9.06. The summed E-state index contributed by atoms with van der Waals surface area (Å²) < 4.78 is 0.849.